The maximum absolute atomic E-state index is 12.1. The molecule has 2 atom stereocenters. The van der Waals surface area contributed by atoms with Crippen LogP contribution in [0, 0.1) is 13.8 Å². The summed E-state index contributed by atoms with van der Waals surface area (Å²) in [6.45, 7) is 5.81. The Labute approximate surface area is 107 Å². The normalized spacial score (nSPS) is 27.0. The molecule has 2 saturated heterocycles. The van der Waals surface area contributed by atoms with Gasteiger partial charge in [0.1, 0.15) is 6.10 Å². The van der Waals surface area contributed by atoms with E-state index >= 15 is 0 Å². The number of hydrogen-bond donors (Lipinski definition) is 1. The standard InChI is InChI=1S/C14H18N2O2/c1-9-3-4-10(2)11(7-9)16-12-8-15-6-5-13(12)18-14(16)17/h3-4,7,12-13,15H,5-6,8H2,1-2H3. The van der Waals surface area contributed by atoms with Crippen LogP contribution >= 0.6 is 0 Å². The number of amides is 1. The van der Waals surface area contributed by atoms with Crippen LogP contribution in [0.2, 0.25) is 0 Å². The molecule has 3 rings (SSSR count). The third-order valence-electron chi connectivity index (χ3n) is 3.79. The van der Waals surface area contributed by atoms with Gasteiger partial charge in [-0.25, -0.2) is 4.79 Å². The number of benzene rings is 1. The second kappa shape index (κ2) is 4.28. The lowest BCUT2D eigenvalue weighted by Gasteiger charge is -2.29. The molecule has 96 valence electrons. The molecule has 0 aliphatic carbocycles. The first kappa shape index (κ1) is 11.5. The number of carbonyl (C=O) groups is 1. The van der Waals surface area contributed by atoms with Crippen LogP contribution in [0.5, 0.6) is 0 Å². The molecule has 1 aromatic rings. The van der Waals surface area contributed by atoms with Crippen molar-refractivity contribution >= 4 is 11.8 Å². The van der Waals surface area contributed by atoms with Crippen LogP contribution in [0.15, 0.2) is 18.2 Å². The molecular formula is C14H18N2O2. The van der Waals surface area contributed by atoms with Gasteiger partial charge in [-0.2, -0.15) is 0 Å². The highest BCUT2D eigenvalue weighted by Crippen LogP contribution is 2.32. The number of hydrogen-bond acceptors (Lipinski definition) is 3. The van der Waals surface area contributed by atoms with Crippen LogP contribution in [0.1, 0.15) is 17.5 Å². The van der Waals surface area contributed by atoms with Gasteiger partial charge < -0.3 is 10.1 Å². The van der Waals surface area contributed by atoms with E-state index in [9.17, 15) is 4.79 Å². The molecule has 18 heavy (non-hydrogen) atoms. The zero-order chi connectivity index (χ0) is 12.7. The van der Waals surface area contributed by atoms with Crippen LogP contribution in [0.4, 0.5) is 10.5 Å². The first-order valence-corrected chi connectivity index (χ1v) is 6.44. The summed E-state index contributed by atoms with van der Waals surface area (Å²) < 4.78 is 5.47. The number of nitrogens with one attached hydrogen (secondary N) is 1. The summed E-state index contributed by atoms with van der Waals surface area (Å²) in [4.78, 5) is 13.9. The van der Waals surface area contributed by atoms with Crippen LogP contribution in [0.25, 0.3) is 0 Å². The van der Waals surface area contributed by atoms with Gasteiger partial charge in [-0.1, -0.05) is 12.1 Å². The number of carbonyl (C=O) groups excluding carboxylic acids is 1. The average Bonchev–Trinajstić information content (AvgIpc) is 2.68. The summed E-state index contributed by atoms with van der Waals surface area (Å²) in [5.74, 6) is 0. The van der Waals surface area contributed by atoms with E-state index in [2.05, 4.69) is 23.5 Å². The minimum atomic E-state index is -0.206. The largest absolute Gasteiger partial charge is 0.444 e. The summed E-state index contributed by atoms with van der Waals surface area (Å²) in [5.41, 5.74) is 3.26. The first-order valence-electron chi connectivity index (χ1n) is 6.44. The molecule has 2 heterocycles. The molecule has 2 aliphatic rings. The van der Waals surface area contributed by atoms with Gasteiger partial charge in [0.25, 0.3) is 0 Å². The van der Waals surface area contributed by atoms with Gasteiger partial charge in [-0.3, -0.25) is 4.90 Å². The molecule has 4 nitrogen and oxygen atoms in total. The molecule has 2 aliphatic heterocycles. The molecule has 4 heteroatoms. The summed E-state index contributed by atoms with van der Waals surface area (Å²) in [7, 11) is 0. The highest BCUT2D eigenvalue weighted by atomic mass is 16.6. The SMILES string of the molecule is Cc1ccc(C)c(N2C(=O)OC3CCNCC32)c1. The fourth-order valence-corrected chi connectivity index (χ4v) is 2.79. The van der Waals surface area contributed by atoms with E-state index in [1.165, 1.54) is 0 Å². The number of fused-ring (bicyclic) bond motifs is 1. The topological polar surface area (TPSA) is 41.6 Å². The number of piperidine rings is 1. The van der Waals surface area contributed by atoms with Crippen LogP contribution < -0.4 is 10.2 Å². The van der Waals surface area contributed by atoms with Crippen LogP contribution in [-0.2, 0) is 4.74 Å². The fourth-order valence-electron chi connectivity index (χ4n) is 2.79. The van der Waals surface area contributed by atoms with E-state index < -0.39 is 0 Å². The Balaban J connectivity index is 1.99. The lowest BCUT2D eigenvalue weighted by atomic mass is 10.0. The summed E-state index contributed by atoms with van der Waals surface area (Å²) in [6.07, 6.45) is 0.735. The average molecular weight is 246 g/mol. The molecule has 0 aromatic heterocycles. The number of ether oxygens (including phenoxy) is 1. The summed E-state index contributed by atoms with van der Waals surface area (Å²) in [6, 6.07) is 6.32. The van der Waals surface area contributed by atoms with Crippen molar-refractivity contribution in [1.82, 2.24) is 5.32 Å². The van der Waals surface area contributed by atoms with Crippen LogP contribution in [-0.4, -0.2) is 31.3 Å². The molecule has 2 unspecified atom stereocenters. The summed E-state index contributed by atoms with van der Waals surface area (Å²) >= 11 is 0. The Morgan fingerprint density at radius 2 is 2.22 bits per heavy atom. The van der Waals surface area contributed by atoms with Crippen molar-refractivity contribution < 1.29 is 9.53 Å². The summed E-state index contributed by atoms with van der Waals surface area (Å²) in [5, 5.41) is 3.34. The molecule has 0 radical (unpaired) electrons. The Bertz CT molecular complexity index is 487. The second-order valence-corrected chi connectivity index (χ2v) is 5.14. The van der Waals surface area contributed by atoms with Crippen molar-refractivity contribution in [2.75, 3.05) is 18.0 Å². The van der Waals surface area contributed by atoms with Crippen molar-refractivity contribution in [2.24, 2.45) is 0 Å². The molecular weight excluding hydrogens is 228 g/mol. The molecule has 2 fully saturated rings. The van der Waals surface area contributed by atoms with E-state index in [1.54, 1.807) is 0 Å². The Morgan fingerprint density at radius 3 is 3.06 bits per heavy atom. The zero-order valence-electron chi connectivity index (χ0n) is 10.8. The van der Waals surface area contributed by atoms with E-state index in [1.807, 2.05) is 18.7 Å². The van der Waals surface area contributed by atoms with Gasteiger partial charge in [0.15, 0.2) is 0 Å². The van der Waals surface area contributed by atoms with Crippen LogP contribution in [0.3, 0.4) is 0 Å². The van der Waals surface area contributed by atoms with Crippen molar-refractivity contribution in [2.45, 2.75) is 32.4 Å². The van der Waals surface area contributed by atoms with Crippen molar-refractivity contribution in [1.29, 1.82) is 0 Å². The van der Waals surface area contributed by atoms with E-state index in [0.717, 1.165) is 36.3 Å². The maximum atomic E-state index is 12.1. The van der Waals surface area contributed by atoms with E-state index in [0.29, 0.717) is 0 Å². The molecule has 1 N–H and O–H groups in total. The molecule has 1 amide bonds. The number of rotatable bonds is 1. The third-order valence-corrected chi connectivity index (χ3v) is 3.79. The molecule has 1 aromatic carbocycles. The van der Waals surface area contributed by atoms with Gasteiger partial charge in [-0.15, -0.1) is 0 Å². The Morgan fingerprint density at radius 1 is 1.39 bits per heavy atom. The van der Waals surface area contributed by atoms with Crippen molar-refractivity contribution in [3.63, 3.8) is 0 Å². The predicted octanol–water partition coefficient (Wildman–Crippen LogP) is 1.99. The molecule has 0 spiro atoms. The second-order valence-electron chi connectivity index (χ2n) is 5.14. The fraction of sp³-hybridized carbons (Fsp3) is 0.500. The molecule has 0 bridgehead atoms. The smallest absolute Gasteiger partial charge is 0.415 e. The quantitative estimate of drug-likeness (QED) is 0.824. The van der Waals surface area contributed by atoms with Gasteiger partial charge >= 0.3 is 6.09 Å². The van der Waals surface area contributed by atoms with Crippen molar-refractivity contribution in [3.05, 3.63) is 29.3 Å². The lowest BCUT2D eigenvalue weighted by Crippen LogP contribution is -2.49. The number of nitrogens with zero attached hydrogens (tertiary/aromatic N) is 1. The van der Waals surface area contributed by atoms with Gasteiger partial charge in [-0.05, 0) is 44.0 Å². The van der Waals surface area contributed by atoms with E-state index in [4.69, 9.17) is 4.74 Å². The van der Waals surface area contributed by atoms with E-state index in [-0.39, 0.29) is 18.2 Å². The highest BCUT2D eigenvalue weighted by molar-refractivity contribution is 5.92. The lowest BCUT2D eigenvalue weighted by molar-refractivity contribution is 0.117. The zero-order valence-corrected chi connectivity index (χ0v) is 10.8. The number of aryl methyl sites for hydroxylation is 2. The minimum Gasteiger partial charge on any atom is -0.444 e. The molecule has 0 saturated carbocycles. The third kappa shape index (κ3) is 1.77. The Kier molecular flexibility index (Phi) is 2.74. The van der Waals surface area contributed by atoms with Gasteiger partial charge in [0.05, 0.1) is 11.7 Å². The highest BCUT2D eigenvalue weighted by Gasteiger charge is 2.44. The first-order chi connectivity index (χ1) is 8.66. The van der Waals surface area contributed by atoms with Gasteiger partial charge in [0, 0.05) is 6.54 Å². The maximum Gasteiger partial charge on any atom is 0.415 e. The van der Waals surface area contributed by atoms with Gasteiger partial charge in [0.2, 0.25) is 0 Å². The minimum absolute atomic E-state index is 0.0404. The van der Waals surface area contributed by atoms with Crippen molar-refractivity contribution in [3.8, 4) is 0 Å². The number of anilines is 1. The Hall–Kier alpha value is -1.55. The predicted molar refractivity (Wildman–Crippen MR) is 69.9 cm³/mol. The monoisotopic (exact) mass is 246 g/mol.